The number of carboxylic acid groups (broad SMARTS) is 1. The number of hydrogen-bond donors (Lipinski definition) is 1. The molecule has 20 heavy (non-hydrogen) atoms. The lowest BCUT2D eigenvalue weighted by Gasteiger charge is -2.23. The van der Waals surface area contributed by atoms with Crippen molar-refractivity contribution in [2.24, 2.45) is 0 Å². The van der Waals surface area contributed by atoms with Gasteiger partial charge >= 0.3 is 5.97 Å². The zero-order valence-corrected chi connectivity index (χ0v) is 11.6. The number of carboxylic acids is 1. The monoisotopic (exact) mass is 271 g/mol. The van der Waals surface area contributed by atoms with E-state index in [4.69, 9.17) is 9.52 Å². The first-order valence-electron chi connectivity index (χ1n) is 6.73. The summed E-state index contributed by atoms with van der Waals surface area (Å²) >= 11 is 0. The summed E-state index contributed by atoms with van der Waals surface area (Å²) in [5.74, 6) is 0.225. The van der Waals surface area contributed by atoms with E-state index in [1.54, 1.807) is 13.0 Å². The van der Waals surface area contributed by atoms with Crippen LogP contribution < -0.4 is 4.90 Å². The number of para-hydroxylation sites is 1. The lowest BCUT2D eigenvalue weighted by atomic mass is 10.1. The Labute approximate surface area is 117 Å². The molecule has 0 amide bonds. The van der Waals surface area contributed by atoms with E-state index >= 15 is 0 Å². The first-order chi connectivity index (χ1) is 9.56. The summed E-state index contributed by atoms with van der Waals surface area (Å²) in [5.41, 5.74) is 2.80. The van der Waals surface area contributed by atoms with Crippen molar-refractivity contribution in [3.05, 3.63) is 53.0 Å². The van der Waals surface area contributed by atoms with Gasteiger partial charge in [0.05, 0.1) is 6.54 Å². The summed E-state index contributed by atoms with van der Waals surface area (Å²) in [6, 6.07) is 10.3. The highest BCUT2D eigenvalue weighted by Crippen LogP contribution is 2.33. The van der Waals surface area contributed by atoms with Gasteiger partial charge in [-0.25, -0.2) is 4.79 Å². The SMILES string of the molecule is Cc1oc(CN2c3ccccc3CC2C)cc1C(=O)O. The molecule has 0 bridgehead atoms. The first-order valence-corrected chi connectivity index (χ1v) is 6.73. The molecule has 1 aromatic carbocycles. The average Bonchev–Trinajstić information content (AvgIpc) is 2.92. The molecule has 1 aliphatic heterocycles. The number of aryl methyl sites for hydroxylation is 1. The molecule has 4 nitrogen and oxygen atoms in total. The molecule has 0 radical (unpaired) electrons. The number of carbonyl (C=O) groups is 1. The van der Waals surface area contributed by atoms with Gasteiger partial charge in [-0.2, -0.15) is 0 Å². The smallest absolute Gasteiger partial charge is 0.339 e. The molecule has 2 aromatic rings. The first kappa shape index (κ1) is 12.8. The van der Waals surface area contributed by atoms with Gasteiger partial charge in [-0.3, -0.25) is 0 Å². The number of furan rings is 1. The molecule has 2 heterocycles. The number of anilines is 1. The van der Waals surface area contributed by atoms with Crippen LogP contribution in [0.1, 0.15) is 34.4 Å². The van der Waals surface area contributed by atoms with Gasteiger partial charge in [-0.15, -0.1) is 0 Å². The van der Waals surface area contributed by atoms with Crippen LogP contribution in [0.2, 0.25) is 0 Å². The summed E-state index contributed by atoms with van der Waals surface area (Å²) in [7, 11) is 0. The van der Waals surface area contributed by atoms with Crippen LogP contribution in [0.25, 0.3) is 0 Å². The Kier molecular flexibility index (Phi) is 3.01. The topological polar surface area (TPSA) is 53.7 Å². The Morgan fingerprint density at radius 3 is 2.90 bits per heavy atom. The maximum absolute atomic E-state index is 11.1. The highest BCUT2D eigenvalue weighted by atomic mass is 16.4. The van der Waals surface area contributed by atoms with Crippen molar-refractivity contribution in [1.29, 1.82) is 0 Å². The molecule has 0 saturated heterocycles. The lowest BCUT2D eigenvalue weighted by molar-refractivity contribution is 0.0695. The van der Waals surface area contributed by atoms with E-state index in [1.807, 2.05) is 6.07 Å². The second-order valence-electron chi connectivity index (χ2n) is 5.30. The molecule has 4 heteroatoms. The summed E-state index contributed by atoms with van der Waals surface area (Å²) in [6.07, 6.45) is 1.02. The van der Waals surface area contributed by atoms with Gasteiger partial charge in [0.1, 0.15) is 17.1 Å². The number of aromatic carboxylic acids is 1. The second-order valence-corrected chi connectivity index (χ2v) is 5.30. The minimum atomic E-state index is -0.938. The van der Waals surface area contributed by atoms with E-state index in [2.05, 4.69) is 30.0 Å². The van der Waals surface area contributed by atoms with E-state index < -0.39 is 5.97 Å². The van der Waals surface area contributed by atoms with E-state index in [0.717, 1.165) is 6.42 Å². The molecule has 1 N–H and O–H groups in total. The van der Waals surface area contributed by atoms with E-state index in [-0.39, 0.29) is 5.56 Å². The van der Waals surface area contributed by atoms with Gasteiger partial charge in [0, 0.05) is 11.7 Å². The normalized spacial score (nSPS) is 17.3. The van der Waals surface area contributed by atoms with Crippen LogP contribution in [0.3, 0.4) is 0 Å². The number of hydrogen-bond acceptors (Lipinski definition) is 3. The predicted molar refractivity (Wildman–Crippen MR) is 76.2 cm³/mol. The maximum atomic E-state index is 11.1. The van der Waals surface area contributed by atoms with Gasteiger partial charge < -0.3 is 14.4 Å². The quantitative estimate of drug-likeness (QED) is 0.931. The molecule has 0 aliphatic carbocycles. The minimum Gasteiger partial charge on any atom is -0.478 e. The van der Waals surface area contributed by atoms with Crippen molar-refractivity contribution in [2.45, 2.75) is 32.9 Å². The highest BCUT2D eigenvalue weighted by molar-refractivity contribution is 5.88. The summed E-state index contributed by atoms with van der Waals surface area (Å²) in [5, 5.41) is 9.08. The van der Waals surface area contributed by atoms with Gasteiger partial charge in [-0.05, 0) is 38.0 Å². The van der Waals surface area contributed by atoms with Crippen LogP contribution >= 0.6 is 0 Å². The Morgan fingerprint density at radius 2 is 2.20 bits per heavy atom. The van der Waals surface area contributed by atoms with Gasteiger partial charge in [0.25, 0.3) is 0 Å². The molecule has 3 rings (SSSR count). The van der Waals surface area contributed by atoms with E-state index in [1.165, 1.54) is 11.3 Å². The fourth-order valence-electron chi connectivity index (χ4n) is 2.87. The van der Waals surface area contributed by atoms with Crippen LogP contribution in [-0.4, -0.2) is 17.1 Å². The minimum absolute atomic E-state index is 0.250. The Balaban J connectivity index is 1.88. The zero-order valence-electron chi connectivity index (χ0n) is 11.6. The van der Waals surface area contributed by atoms with Crippen molar-refractivity contribution in [2.75, 3.05) is 4.90 Å². The molecule has 104 valence electrons. The van der Waals surface area contributed by atoms with Crippen molar-refractivity contribution in [1.82, 2.24) is 0 Å². The molecule has 0 spiro atoms. The molecule has 0 saturated carbocycles. The second kappa shape index (κ2) is 4.71. The third-order valence-corrected chi connectivity index (χ3v) is 3.87. The van der Waals surface area contributed by atoms with Crippen LogP contribution in [0, 0.1) is 6.92 Å². The fourth-order valence-corrected chi connectivity index (χ4v) is 2.87. The highest BCUT2D eigenvalue weighted by Gasteiger charge is 2.26. The van der Waals surface area contributed by atoms with Crippen LogP contribution in [0.5, 0.6) is 0 Å². The molecular formula is C16H17NO3. The average molecular weight is 271 g/mol. The molecular weight excluding hydrogens is 254 g/mol. The van der Waals surface area contributed by atoms with Crippen molar-refractivity contribution in [3.8, 4) is 0 Å². The fraction of sp³-hybridized carbons (Fsp3) is 0.312. The summed E-state index contributed by atoms with van der Waals surface area (Å²) in [4.78, 5) is 13.3. The lowest BCUT2D eigenvalue weighted by Crippen LogP contribution is -2.28. The Bertz CT molecular complexity index is 659. The third kappa shape index (κ3) is 2.07. The molecule has 1 atom stereocenters. The van der Waals surface area contributed by atoms with Crippen LogP contribution in [0.15, 0.2) is 34.7 Å². The van der Waals surface area contributed by atoms with Crippen molar-refractivity contribution < 1.29 is 14.3 Å². The van der Waals surface area contributed by atoms with Crippen molar-refractivity contribution >= 4 is 11.7 Å². The summed E-state index contributed by atoms with van der Waals surface area (Å²) < 4.78 is 5.58. The molecule has 1 unspecified atom stereocenters. The number of rotatable bonds is 3. The number of fused-ring (bicyclic) bond motifs is 1. The van der Waals surface area contributed by atoms with Crippen molar-refractivity contribution in [3.63, 3.8) is 0 Å². The van der Waals surface area contributed by atoms with Gasteiger partial charge in [0.2, 0.25) is 0 Å². The van der Waals surface area contributed by atoms with Gasteiger partial charge in [-0.1, -0.05) is 18.2 Å². The van der Waals surface area contributed by atoms with Crippen LogP contribution in [-0.2, 0) is 13.0 Å². The Hall–Kier alpha value is -2.23. The Morgan fingerprint density at radius 1 is 1.45 bits per heavy atom. The van der Waals surface area contributed by atoms with Gasteiger partial charge in [0.15, 0.2) is 0 Å². The molecule has 1 aliphatic rings. The predicted octanol–water partition coefficient (Wildman–Crippen LogP) is 3.24. The van der Waals surface area contributed by atoms with Crippen LogP contribution in [0.4, 0.5) is 5.69 Å². The van der Waals surface area contributed by atoms with E-state index in [0.29, 0.717) is 24.1 Å². The zero-order chi connectivity index (χ0) is 14.3. The molecule has 1 aromatic heterocycles. The number of nitrogens with zero attached hydrogens (tertiary/aromatic N) is 1. The largest absolute Gasteiger partial charge is 0.478 e. The molecule has 0 fully saturated rings. The van der Waals surface area contributed by atoms with E-state index in [9.17, 15) is 4.79 Å². The maximum Gasteiger partial charge on any atom is 0.339 e. The summed E-state index contributed by atoms with van der Waals surface area (Å²) in [6.45, 7) is 4.47. The standard InChI is InChI=1S/C16H17NO3/c1-10-7-12-5-3-4-6-15(12)17(10)9-13-8-14(16(18)19)11(2)20-13/h3-6,8,10H,7,9H2,1-2H3,(H,18,19). The third-order valence-electron chi connectivity index (χ3n) is 3.87. The number of benzene rings is 1.